The van der Waals surface area contributed by atoms with E-state index in [1.165, 1.54) is 11.1 Å². The first-order chi connectivity index (χ1) is 14.2. The fourth-order valence-corrected chi connectivity index (χ4v) is 4.52. The minimum Gasteiger partial charge on any atom is -0.404 e. The number of rotatable bonds is 6. The number of para-hydroxylation sites is 1. The van der Waals surface area contributed by atoms with Gasteiger partial charge in [0.05, 0.1) is 0 Å². The van der Waals surface area contributed by atoms with Gasteiger partial charge in [0, 0.05) is 48.0 Å². The Bertz CT molecular complexity index is 935. The van der Waals surface area contributed by atoms with E-state index in [4.69, 9.17) is 17.3 Å². The molecule has 0 aromatic heterocycles. The molecule has 2 aromatic carbocycles. The summed E-state index contributed by atoms with van der Waals surface area (Å²) in [5.74, 6) is 0.412. The van der Waals surface area contributed by atoms with Gasteiger partial charge in [0.2, 0.25) is 6.41 Å². The lowest BCUT2D eigenvalue weighted by atomic mass is 9.93. The number of fused-ring (bicyclic) bond motifs is 1. The Morgan fingerprint density at radius 3 is 2.66 bits per heavy atom. The van der Waals surface area contributed by atoms with Crippen LogP contribution in [0.4, 0.5) is 5.69 Å². The van der Waals surface area contributed by atoms with Crippen molar-refractivity contribution in [1.82, 2.24) is 4.90 Å². The molecular formula is C24H26ClN3O. The van der Waals surface area contributed by atoms with Crippen molar-refractivity contribution in [2.75, 3.05) is 31.1 Å². The number of allylic oxidation sites excluding steroid dienone is 1. The average molecular weight is 408 g/mol. The van der Waals surface area contributed by atoms with Crippen molar-refractivity contribution in [3.05, 3.63) is 82.5 Å². The van der Waals surface area contributed by atoms with E-state index in [0.29, 0.717) is 5.92 Å². The van der Waals surface area contributed by atoms with Gasteiger partial charge in [-0.2, -0.15) is 0 Å². The Labute approximate surface area is 177 Å². The first-order valence-corrected chi connectivity index (χ1v) is 10.5. The number of carbonyl (C=O) groups is 1. The normalized spacial score (nSPS) is 19.8. The summed E-state index contributed by atoms with van der Waals surface area (Å²) in [6, 6.07) is 16.1. The SMILES string of the molecule is N/C=C(/C1=CCN(CCC2CN(C=O)c3ccccc32)CC1)c1ccc(Cl)cc1. The molecule has 2 aromatic rings. The summed E-state index contributed by atoms with van der Waals surface area (Å²) < 4.78 is 0. The van der Waals surface area contributed by atoms with Crippen LogP contribution in [0.2, 0.25) is 5.02 Å². The van der Waals surface area contributed by atoms with Gasteiger partial charge in [0.25, 0.3) is 0 Å². The third-order valence-electron chi connectivity index (χ3n) is 5.99. The second kappa shape index (κ2) is 8.85. The number of nitrogens with two attached hydrogens (primary N) is 1. The van der Waals surface area contributed by atoms with E-state index < -0.39 is 0 Å². The Morgan fingerprint density at radius 2 is 1.97 bits per heavy atom. The maximum Gasteiger partial charge on any atom is 0.214 e. The van der Waals surface area contributed by atoms with Gasteiger partial charge in [-0.15, -0.1) is 0 Å². The van der Waals surface area contributed by atoms with Crippen molar-refractivity contribution in [1.29, 1.82) is 0 Å². The molecule has 0 spiro atoms. The highest BCUT2D eigenvalue weighted by Crippen LogP contribution is 2.37. The summed E-state index contributed by atoms with van der Waals surface area (Å²) in [7, 11) is 0. The van der Waals surface area contributed by atoms with Crippen molar-refractivity contribution >= 4 is 29.3 Å². The Morgan fingerprint density at radius 1 is 1.17 bits per heavy atom. The molecule has 150 valence electrons. The topological polar surface area (TPSA) is 49.6 Å². The highest BCUT2D eigenvalue weighted by Gasteiger charge is 2.28. The predicted octanol–water partition coefficient (Wildman–Crippen LogP) is 4.42. The van der Waals surface area contributed by atoms with Crippen LogP contribution in [0.25, 0.3) is 5.57 Å². The quantitative estimate of drug-likeness (QED) is 0.721. The first-order valence-electron chi connectivity index (χ1n) is 10.1. The Hall–Kier alpha value is -2.56. The van der Waals surface area contributed by atoms with E-state index in [1.54, 1.807) is 6.20 Å². The van der Waals surface area contributed by atoms with E-state index in [9.17, 15) is 4.79 Å². The van der Waals surface area contributed by atoms with Crippen molar-refractivity contribution in [3.8, 4) is 0 Å². The molecule has 2 aliphatic heterocycles. The summed E-state index contributed by atoms with van der Waals surface area (Å²) in [5, 5.41) is 0.732. The van der Waals surface area contributed by atoms with Gasteiger partial charge in [-0.3, -0.25) is 9.69 Å². The number of anilines is 1. The molecular weight excluding hydrogens is 382 g/mol. The molecule has 1 atom stereocenters. The zero-order chi connectivity index (χ0) is 20.2. The maximum atomic E-state index is 11.4. The lowest BCUT2D eigenvalue weighted by Gasteiger charge is -2.28. The number of halogens is 1. The molecule has 0 bridgehead atoms. The highest BCUT2D eigenvalue weighted by atomic mass is 35.5. The molecule has 1 unspecified atom stereocenters. The molecule has 1 amide bonds. The number of carbonyl (C=O) groups excluding carboxylic acids is 1. The van der Waals surface area contributed by atoms with Crippen LogP contribution in [0.15, 0.2) is 66.4 Å². The summed E-state index contributed by atoms with van der Waals surface area (Å²) >= 11 is 6.01. The van der Waals surface area contributed by atoms with Crippen LogP contribution in [-0.4, -0.2) is 37.5 Å². The van der Waals surface area contributed by atoms with Gasteiger partial charge in [0.1, 0.15) is 0 Å². The van der Waals surface area contributed by atoms with Crippen molar-refractivity contribution in [3.63, 3.8) is 0 Å². The first kappa shape index (κ1) is 19.7. The molecule has 4 rings (SSSR count). The third-order valence-corrected chi connectivity index (χ3v) is 6.24. The molecule has 0 radical (unpaired) electrons. The van der Waals surface area contributed by atoms with Crippen molar-refractivity contribution < 1.29 is 4.79 Å². The van der Waals surface area contributed by atoms with Gasteiger partial charge >= 0.3 is 0 Å². The van der Waals surface area contributed by atoms with E-state index >= 15 is 0 Å². The number of amides is 1. The fourth-order valence-electron chi connectivity index (χ4n) is 4.39. The van der Waals surface area contributed by atoms with E-state index in [0.717, 1.165) is 67.3 Å². The monoisotopic (exact) mass is 407 g/mol. The minimum atomic E-state index is 0.412. The van der Waals surface area contributed by atoms with Crippen LogP contribution in [0.1, 0.15) is 29.9 Å². The fraction of sp³-hybridized carbons (Fsp3) is 0.292. The molecule has 0 saturated heterocycles. The predicted molar refractivity (Wildman–Crippen MR) is 120 cm³/mol. The summed E-state index contributed by atoms with van der Waals surface area (Å²) in [4.78, 5) is 15.7. The van der Waals surface area contributed by atoms with E-state index in [2.05, 4.69) is 23.1 Å². The molecule has 0 aliphatic carbocycles. The largest absolute Gasteiger partial charge is 0.404 e. The Kier molecular flexibility index (Phi) is 6.02. The smallest absolute Gasteiger partial charge is 0.214 e. The molecule has 2 heterocycles. The van der Waals surface area contributed by atoms with Crippen LogP contribution in [-0.2, 0) is 4.79 Å². The summed E-state index contributed by atoms with van der Waals surface area (Å²) in [6.45, 7) is 3.75. The summed E-state index contributed by atoms with van der Waals surface area (Å²) in [6.07, 6.45) is 6.98. The summed E-state index contributed by atoms with van der Waals surface area (Å²) in [5.41, 5.74) is 11.8. The average Bonchev–Trinajstić information content (AvgIpc) is 3.13. The number of benzene rings is 2. The molecule has 29 heavy (non-hydrogen) atoms. The van der Waals surface area contributed by atoms with Crippen LogP contribution < -0.4 is 10.6 Å². The Balaban J connectivity index is 1.37. The van der Waals surface area contributed by atoms with Gasteiger partial charge in [-0.05, 0) is 54.3 Å². The molecule has 5 heteroatoms. The second-order valence-corrected chi connectivity index (χ2v) is 8.11. The number of nitrogens with zero attached hydrogens (tertiary/aromatic N) is 2. The molecule has 4 nitrogen and oxygen atoms in total. The number of hydrogen-bond donors (Lipinski definition) is 1. The van der Waals surface area contributed by atoms with Gasteiger partial charge < -0.3 is 10.6 Å². The van der Waals surface area contributed by atoms with Crippen LogP contribution in [0.3, 0.4) is 0 Å². The van der Waals surface area contributed by atoms with E-state index in [1.807, 2.05) is 41.3 Å². The highest BCUT2D eigenvalue weighted by molar-refractivity contribution is 6.30. The molecule has 2 aliphatic rings. The van der Waals surface area contributed by atoms with Crippen molar-refractivity contribution in [2.45, 2.75) is 18.8 Å². The van der Waals surface area contributed by atoms with Crippen LogP contribution >= 0.6 is 11.6 Å². The maximum absolute atomic E-state index is 11.4. The lowest BCUT2D eigenvalue weighted by Crippen LogP contribution is -2.31. The van der Waals surface area contributed by atoms with E-state index in [-0.39, 0.29) is 0 Å². The van der Waals surface area contributed by atoms with Gasteiger partial charge in [-0.25, -0.2) is 0 Å². The third kappa shape index (κ3) is 4.24. The van der Waals surface area contributed by atoms with Gasteiger partial charge in [-0.1, -0.05) is 48.0 Å². The van der Waals surface area contributed by atoms with Gasteiger partial charge in [0.15, 0.2) is 0 Å². The standard InChI is InChI=1S/C24H26ClN3O/c25-21-7-5-18(6-8-21)23(15-26)19-9-12-27(13-10-19)14-11-20-16-28(17-29)24-4-2-1-3-22(20)24/h1-9,15,17,20H,10-14,16,26H2/b23-15+. The van der Waals surface area contributed by atoms with Crippen LogP contribution in [0.5, 0.6) is 0 Å². The number of hydrogen-bond acceptors (Lipinski definition) is 3. The molecule has 2 N–H and O–H groups in total. The second-order valence-electron chi connectivity index (χ2n) is 7.67. The molecule has 0 fully saturated rings. The zero-order valence-corrected chi connectivity index (χ0v) is 17.2. The van der Waals surface area contributed by atoms with Crippen molar-refractivity contribution in [2.24, 2.45) is 5.73 Å². The zero-order valence-electron chi connectivity index (χ0n) is 16.4. The lowest BCUT2D eigenvalue weighted by molar-refractivity contribution is -0.107. The van der Waals surface area contributed by atoms with Crippen LogP contribution in [0, 0.1) is 0 Å². The minimum absolute atomic E-state index is 0.412. The molecule has 0 saturated carbocycles.